The van der Waals surface area contributed by atoms with Gasteiger partial charge in [0.25, 0.3) is 11.8 Å². The van der Waals surface area contributed by atoms with E-state index in [0.717, 1.165) is 19.2 Å². The second-order valence-corrected chi connectivity index (χ2v) is 8.85. The Morgan fingerprint density at radius 1 is 1.05 bits per heavy atom. The van der Waals surface area contributed by atoms with Crippen LogP contribution in [0.3, 0.4) is 0 Å². The molecule has 9 nitrogen and oxygen atoms in total. The van der Waals surface area contributed by atoms with Gasteiger partial charge in [-0.15, -0.1) is 0 Å². The summed E-state index contributed by atoms with van der Waals surface area (Å²) in [5.41, 5.74) is 1.63. The molecule has 4 rings (SSSR count). The summed E-state index contributed by atoms with van der Waals surface area (Å²) in [5.74, 6) is -2.00. The lowest BCUT2D eigenvalue weighted by Gasteiger charge is -2.18. The molecule has 10 heteroatoms. The lowest BCUT2D eigenvalue weighted by Crippen LogP contribution is -2.34. The molecule has 0 saturated carbocycles. The number of aromatic hydroxyl groups is 1. The maximum absolute atomic E-state index is 13.7. The van der Waals surface area contributed by atoms with Gasteiger partial charge in [0.15, 0.2) is 11.6 Å². The number of rotatable bonds is 10. The van der Waals surface area contributed by atoms with Gasteiger partial charge in [-0.05, 0) is 61.1 Å². The number of nitrogens with zero attached hydrogens (tertiary/aromatic N) is 3. The number of nitrogens with one attached hydrogen (secondary N) is 2. The third-order valence-electron chi connectivity index (χ3n) is 6.39. The third-order valence-corrected chi connectivity index (χ3v) is 6.39. The van der Waals surface area contributed by atoms with Crippen LogP contribution in [0.2, 0.25) is 0 Å². The Balaban J connectivity index is 1.76. The Bertz CT molecular complexity index is 1560. The number of carbonyl (C=O) groups excluding carboxylic acids is 2. The number of phenols is 1. The molecule has 3 N–H and O–H groups in total. The predicted octanol–water partition coefficient (Wildman–Crippen LogP) is 5.05. The number of furan rings is 1. The molecule has 2 aromatic carbocycles. The molecule has 0 spiro atoms. The van der Waals surface area contributed by atoms with Gasteiger partial charge in [-0.25, -0.2) is 9.37 Å². The molecule has 2 heterocycles. The zero-order valence-electron chi connectivity index (χ0n) is 22.1. The predicted molar refractivity (Wildman–Crippen MR) is 148 cm³/mol. The molecule has 0 aliphatic carbocycles. The average molecular weight is 542 g/mol. The van der Waals surface area contributed by atoms with Crippen LogP contribution in [0.15, 0.2) is 71.3 Å². The van der Waals surface area contributed by atoms with Gasteiger partial charge in [0.05, 0.1) is 12.0 Å². The van der Waals surface area contributed by atoms with Crippen molar-refractivity contribution in [2.75, 3.05) is 31.5 Å². The lowest BCUT2D eigenvalue weighted by atomic mass is 9.96. The molecular weight excluding hydrogens is 513 g/mol. The number of nitriles is 1. The van der Waals surface area contributed by atoms with Gasteiger partial charge < -0.3 is 25.1 Å². The Morgan fingerprint density at radius 3 is 2.52 bits per heavy atom. The summed E-state index contributed by atoms with van der Waals surface area (Å²) in [6, 6.07) is 16.8. The molecule has 0 bridgehead atoms. The van der Waals surface area contributed by atoms with Crippen LogP contribution in [0, 0.1) is 17.1 Å². The Hall–Kier alpha value is -5.01. The van der Waals surface area contributed by atoms with Crippen molar-refractivity contribution in [3.05, 3.63) is 89.6 Å². The van der Waals surface area contributed by atoms with Gasteiger partial charge in [0.1, 0.15) is 23.2 Å². The molecule has 0 unspecified atom stereocenters. The van der Waals surface area contributed by atoms with Crippen LogP contribution < -0.4 is 10.6 Å². The van der Waals surface area contributed by atoms with Crippen molar-refractivity contribution in [1.29, 1.82) is 5.26 Å². The second kappa shape index (κ2) is 12.7. The molecule has 0 saturated heterocycles. The van der Waals surface area contributed by atoms with E-state index in [1.54, 1.807) is 36.4 Å². The number of carbonyl (C=O) groups is 2. The van der Waals surface area contributed by atoms with Crippen molar-refractivity contribution in [3.63, 3.8) is 0 Å². The highest BCUT2D eigenvalue weighted by Crippen LogP contribution is 2.36. The highest BCUT2D eigenvalue weighted by molar-refractivity contribution is 6.03. The molecule has 2 amide bonds. The van der Waals surface area contributed by atoms with Gasteiger partial charge in [-0.3, -0.25) is 9.59 Å². The number of likely N-dealkylation sites (N-methyl/N-ethyl adjacent to an activating group) is 1. The van der Waals surface area contributed by atoms with E-state index in [0.29, 0.717) is 29.8 Å². The molecule has 40 heavy (non-hydrogen) atoms. The van der Waals surface area contributed by atoms with Crippen LogP contribution in [0.5, 0.6) is 5.75 Å². The van der Waals surface area contributed by atoms with Gasteiger partial charge in [0, 0.05) is 35.8 Å². The average Bonchev–Trinajstić information content (AvgIpc) is 3.50. The summed E-state index contributed by atoms with van der Waals surface area (Å²) in [7, 11) is 0. The zero-order chi connectivity index (χ0) is 28.6. The highest BCUT2D eigenvalue weighted by atomic mass is 19.1. The normalized spacial score (nSPS) is 10.8. The fraction of sp³-hybridized carbons (Fsp3) is 0.200. The molecule has 204 valence electrons. The van der Waals surface area contributed by atoms with Gasteiger partial charge >= 0.3 is 0 Å². The van der Waals surface area contributed by atoms with E-state index in [2.05, 4.69) is 40.4 Å². The SMILES string of the molecule is CCN(CC)CCNC(=O)c1cccc(-c2cc(-c3ccc(F)cc3O)nc(NC(=O)c3ccco3)c2C#N)c1. The first-order valence-corrected chi connectivity index (χ1v) is 12.7. The summed E-state index contributed by atoms with van der Waals surface area (Å²) < 4.78 is 18.9. The van der Waals surface area contributed by atoms with Gasteiger partial charge in [-0.1, -0.05) is 26.0 Å². The standard InChI is InChI=1S/C30H28FN5O4/c1-3-36(4-2)13-12-33-29(38)20-8-5-7-19(15-20)23-17-25(22-11-10-21(31)16-26(22)37)34-28(24(23)18-32)35-30(39)27-9-6-14-40-27/h5-11,14-17,37H,3-4,12-13H2,1-2H3,(H,33,38)(H,34,35,39). The maximum Gasteiger partial charge on any atom is 0.292 e. The topological polar surface area (TPSA) is 131 Å². The van der Waals surface area contributed by atoms with Crippen molar-refractivity contribution in [3.8, 4) is 34.2 Å². The minimum absolute atomic E-state index is 0.00523. The lowest BCUT2D eigenvalue weighted by molar-refractivity contribution is 0.0947. The van der Waals surface area contributed by atoms with Crippen LogP contribution in [0.1, 0.15) is 40.3 Å². The second-order valence-electron chi connectivity index (χ2n) is 8.85. The summed E-state index contributed by atoms with van der Waals surface area (Å²) in [4.78, 5) is 32.3. The number of hydrogen-bond acceptors (Lipinski definition) is 7. The Kier molecular flexibility index (Phi) is 8.89. The molecule has 0 radical (unpaired) electrons. The number of aromatic nitrogens is 1. The summed E-state index contributed by atoms with van der Waals surface area (Å²) >= 11 is 0. The first-order valence-electron chi connectivity index (χ1n) is 12.7. The largest absolute Gasteiger partial charge is 0.507 e. The Labute approximate surface area is 230 Å². The van der Waals surface area contributed by atoms with Crippen LogP contribution >= 0.6 is 0 Å². The molecule has 4 aromatic rings. The number of phenolic OH excluding ortho intramolecular Hbond substituents is 1. The minimum atomic E-state index is -0.638. The first kappa shape index (κ1) is 28.0. The van der Waals surface area contributed by atoms with E-state index in [-0.39, 0.29) is 40.1 Å². The van der Waals surface area contributed by atoms with E-state index >= 15 is 0 Å². The number of pyridine rings is 1. The smallest absolute Gasteiger partial charge is 0.292 e. The zero-order valence-corrected chi connectivity index (χ0v) is 22.1. The molecule has 2 aromatic heterocycles. The monoisotopic (exact) mass is 541 g/mol. The van der Waals surface area contributed by atoms with Gasteiger partial charge in [-0.2, -0.15) is 5.26 Å². The molecule has 0 atom stereocenters. The first-order chi connectivity index (χ1) is 19.3. The van der Waals surface area contributed by atoms with Crippen molar-refractivity contribution in [1.82, 2.24) is 15.2 Å². The van der Waals surface area contributed by atoms with Crippen LogP contribution in [-0.2, 0) is 0 Å². The fourth-order valence-electron chi connectivity index (χ4n) is 4.21. The van der Waals surface area contributed by atoms with Crippen molar-refractivity contribution in [2.45, 2.75) is 13.8 Å². The molecule has 0 aliphatic heterocycles. The van der Waals surface area contributed by atoms with E-state index in [9.17, 15) is 24.3 Å². The van der Waals surface area contributed by atoms with E-state index in [1.165, 1.54) is 24.5 Å². The summed E-state index contributed by atoms with van der Waals surface area (Å²) in [5, 5.41) is 26.0. The van der Waals surface area contributed by atoms with E-state index in [4.69, 9.17) is 4.42 Å². The van der Waals surface area contributed by atoms with Crippen LogP contribution in [0.25, 0.3) is 22.4 Å². The fourth-order valence-corrected chi connectivity index (χ4v) is 4.21. The van der Waals surface area contributed by atoms with Crippen molar-refractivity contribution < 1.29 is 23.5 Å². The molecule has 0 fully saturated rings. The van der Waals surface area contributed by atoms with E-state index < -0.39 is 11.7 Å². The van der Waals surface area contributed by atoms with E-state index in [1.807, 2.05) is 0 Å². The maximum atomic E-state index is 13.7. The van der Waals surface area contributed by atoms with Crippen LogP contribution in [-0.4, -0.2) is 53.0 Å². The number of hydrogen-bond donors (Lipinski definition) is 3. The van der Waals surface area contributed by atoms with Gasteiger partial charge in [0.2, 0.25) is 0 Å². The molecular formula is C30H28FN5O4. The summed E-state index contributed by atoms with van der Waals surface area (Å²) in [6.45, 7) is 7.06. The van der Waals surface area contributed by atoms with Crippen molar-refractivity contribution in [2.24, 2.45) is 0 Å². The number of benzene rings is 2. The quantitative estimate of drug-likeness (QED) is 0.256. The van der Waals surface area contributed by atoms with Crippen LogP contribution in [0.4, 0.5) is 10.2 Å². The highest BCUT2D eigenvalue weighted by Gasteiger charge is 2.21. The number of halogens is 1. The summed E-state index contributed by atoms with van der Waals surface area (Å²) in [6.07, 6.45) is 1.34. The third kappa shape index (κ3) is 6.34. The number of amides is 2. The minimum Gasteiger partial charge on any atom is -0.507 e. The molecule has 0 aliphatic rings. The van der Waals surface area contributed by atoms with Crippen molar-refractivity contribution >= 4 is 17.6 Å². The Morgan fingerprint density at radius 2 is 1.85 bits per heavy atom. The number of anilines is 1.